The third-order valence-corrected chi connectivity index (χ3v) is 3.67. The summed E-state index contributed by atoms with van der Waals surface area (Å²) in [5, 5.41) is 3.09. The van der Waals surface area contributed by atoms with Crippen LogP contribution in [0.4, 0.5) is 0 Å². The number of nitrogens with zero attached hydrogens (tertiary/aromatic N) is 1. The zero-order valence-electron chi connectivity index (χ0n) is 9.53. The Bertz CT molecular complexity index is 239. The van der Waals surface area contributed by atoms with Gasteiger partial charge in [-0.2, -0.15) is 0 Å². The first-order valence-corrected chi connectivity index (χ1v) is 5.76. The molecule has 15 heavy (non-hydrogen) atoms. The average molecular weight is 212 g/mol. The summed E-state index contributed by atoms with van der Waals surface area (Å²) >= 11 is 0. The molecule has 1 amide bonds. The van der Waals surface area contributed by atoms with E-state index in [-0.39, 0.29) is 11.9 Å². The van der Waals surface area contributed by atoms with E-state index >= 15 is 0 Å². The fraction of sp³-hybridized carbons (Fsp3) is 0.909. The maximum absolute atomic E-state index is 12.0. The Morgan fingerprint density at radius 2 is 2.20 bits per heavy atom. The Balaban J connectivity index is 1.89. The minimum atomic E-state index is 0.0420. The maximum Gasteiger partial charge on any atom is 0.239 e. The number of nitrogens with one attached hydrogen (secondary N) is 1. The molecule has 0 spiro atoms. The second-order valence-electron chi connectivity index (χ2n) is 4.50. The van der Waals surface area contributed by atoms with Crippen LogP contribution in [0, 0.1) is 0 Å². The quantitative estimate of drug-likeness (QED) is 0.735. The number of likely N-dealkylation sites (N-methyl/N-ethyl adjacent to an activating group) is 1. The summed E-state index contributed by atoms with van der Waals surface area (Å²) in [4.78, 5) is 14.1. The molecule has 1 saturated carbocycles. The molecule has 4 nitrogen and oxygen atoms in total. The van der Waals surface area contributed by atoms with E-state index in [2.05, 4.69) is 5.32 Å². The maximum atomic E-state index is 12.0. The SMILES string of the molecule is CNC1CCCN(C2CC(OC)C2)C1=O. The lowest BCUT2D eigenvalue weighted by molar-refractivity contribution is -0.144. The normalized spacial score (nSPS) is 36.5. The van der Waals surface area contributed by atoms with Gasteiger partial charge in [-0.05, 0) is 32.7 Å². The van der Waals surface area contributed by atoms with Gasteiger partial charge in [-0.25, -0.2) is 0 Å². The van der Waals surface area contributed by atoms with Gasteiger partial charge in [0.2, 0.25) is 5.91 Å². The van der Waals surface area contributed by atoms with Crippen molar-refractivity contribution in [2.75, 3.05) is 20.7 Å². The van der Waals surface area contributed by atoms with E-state index in [0.29, 0.717) is 12.1 Å². The fourth-order valence-corrected chi connectivity index (χ4v) is 2.51. The third-order valence-electron chi connectivity index (χ3n) is 3.67. The molecule has 0 bridgehead atoms. The van der Waals surface area contributed by atoms with Crippen molar-refractivity contribution in [3.8, 4) is 0 Å². The number of amides is 1. The van der Waals surface area contributed by atoms with Crippen LogP contribution in [0.2, 0.25) is 0 Å². The van der Waals surface area contributed by atoms with Crippen LogP contribution in [0.5, 0.6) is 0 Å². The zero-order valence-corrected chi connectivity index (χ0v) is 9.53. The van der Waals surface area contributed by atoms with E-state index in [0.717, 1.165) is 32.2 Å². The zero-order chi connectivity index (χ0) is 10.8. The standard InChI is InChI=1S/C11H20N2O2/c1-12-10-4-3-5-13(11(10)14)8-6-9(7-8)15-2/h8-10,12H,3-7H2,1-2H3. The summed E-state index contributed by atoms with van der Waals surface area (Å²) in [6.07, 6.45) is 4.49. The van der Waals surface area contributed by atoms with Gasteiger partial charge < -0.3 is 15.0 Å². The lowest BCUT2D eigenvalue weighted by Crippen LogP contribution is -2.57. The summed E-state index contributed by atoms with van der Waals surface area (Å²) in [5.41, 5.74) is 0. The lowest BCUT2D eigenvalue weighted by Gasteiger charge is -2.45. The van der Waals surface area contributed by atoms with Crippen molar-refractivity contribution in [3.05, 3.63) is 0 Å². The molecule has 1 atom stereocenters. The van der Waals surface area contributed by atoms with Gasteiger partial charge in [0.15, 0.2) is 0 Å². The van der Waals surface area contributed by atoms with E-state index in [4.69, 9.17) is 4.74 Å². The van der Waals surface area contributed by atoms with Crippen molar-refractivity contribution in [2.24, 2.45) is 0 Å². The van der Waals surface area contributed by atoms with Gasteiger partial charge >= 0.3 is 0 Å². The highest BCUT2D eigenvalue weighted by molar-refractivity contribution is 5.83. The molecule has 4 heteroatoms. The molecule has 2 rings (SSSR count). The lowest BCUT2D eigenvalue weighted by atomic mass is 9.86. The highest BCUT2D eigenvalue weighted by Gasteiger charge is 2.39. The van der Waals surface area contributed by atoms with Gasteiger partial charge in [-0.3, -0.25) is 4.79 Å². The van der Waals surface area contributed by atoms with E-state index in [1.165, 1.54) is 0 Å². The number of rotatable bonds is 3. The molecule has 2 fully saturated rings. The van der Waals surface area contributed by atoms with Gasteiger partial charge in [-0.15, -0.1) is 0 Å². The van der Waals surface area contributed by atoms with Gasteiger partial charge in [0.05, 0.1) is 12.1 Å². The molecule has 1 unspecified atom stereocenters. The van der Waals surface area contributed by atoms with Gasteiger partial charge in [0, 0.05) is 19.7 Å². The van der Waals surface area contributed by atoms with Crippen molar-refractivity contribution in [1.82, 2.24) is 10.2 Å². The van der Waals surface area contributed by atoms with Crippen molar-refractivity contribution >= 4 is 5.91 Å². The summed E-state index contributed by atoms with van der Waals surface area (Å²) in [6, 6.07) is 0.471. The Kier molecular flexibility index (Phi) is 3.26. The van der Waals surface area contributed by atoms with Crippen molar-refractivity contribution < 1.29 is 9.53 Å². The van der Waals surface area contributed by atoms with Crippen LogP contribution in [0.3, 0.4) is 0 Å². The van der Waals surface area contributed by atoms with Crippen LogP contribution in [0.25, 0.3) is 0 Å². The number of ether oxygens (including phenoxy) is 1. The molecule has 0 aromatic carbocycles. The summed E-state index contributed by atoms with van der Waals surface area (Å²) < 4.78 is 5.24. The first-order valence-electron chi connectivity index (χ1n) is 5.76. The first kappa shape index (κ1) is 10.9. The highest BCUT2D eigenvalue weighted by Crippen LogP contribution is 2.30. The van der Waals surface area contributed by atoms with E-state index in [1.807, 2.05) is 11.9 Å². The summed E-state index contributed by atoms with van der Waals surface area (Å²) in [5.74, 6) is 0.281. The molecular weight excluding hydrogens is 192 g/mol. The Hall–Kier alpha value is -0.610. The second-order valence-corrected chi connectivity index (χ2v) is 4.50. The van der Waals surface area contributed by atoms with E-state index in [1.54, 1.807) is 7.11 Å². The smallest absolute Gasteiger partial charge is 0.239 e. The molecule has 1 heterocycles. The van der Waals surface area contributed by atoms with Gasteiger partial charge in [-0.1, -0.05) is 0 Å². The molecule has 1 saturated heterocycles. The highest BCUT2D eigenvalue weighted by atomic mass is 16.5. The molecule has 1 aliphatic heterocycles. The number of carbonyl (C=O) groups is 1. The predicted molar refractivity (Wildman–Crippen MR) is 57.6 cm³/mol. The summed E-state index contributed by atoms with van der Waals surface area (Å²) in [7, 11) is 3.61. The Morgan fingerprint density at radius 3 is 2.80 bits per heavy atom. The van der Waals surface area contributed by atoms with E-state index in [9.17, 15) is 4.79 Å². The topological polar surface area (TPSA) is 41.6 Å². The Morgan fingerprint density at radius 1 is 1.47 bits per heavy atom. The number of likely N-dealkylation sites (tertiary alicyclic amines) is 1. The first-order chi connectivity index (χ1) is 7.26. The number of hydrogen-bond donors (Lipinski definition) is 1. The van der Waals surface area contributed by atoms with Crippen molar-refractivity contribution in [1.29, 1.82) is 0 Å². The molecule has 0 aromatic heterocycles. The van der Waals surface area contributed by atoms with Crippen LogP contribution in [-0.2, 0) is 9.53 Å². The van der Waals surface area contributed by atoms with Crippen LogP contribution in [-0.4, -0.2) is 49.7 Å². The third kappa shape index (κ3) is 2.01. The predicted octanol–water partition coefficient (Wildman–Crippen LogP) is 0.374. The summed E-state index contributed by atoms with van der Waals surface area (Å²) in [6.45, 7) is 0.929. The molecule has 2 aliphatic rings. The number of piperidine rings is 1. The van der Waals surface area contributed by atoms with Crippen LogP contribution in [0.1, 0.15) is 25.7 Å². The Labute approximate surface area is 91.0 Å². The average Bonchev–Trinajstić information content (AvgIpc) is 2.19. The fourth-order valence-electron chi connectivity index (χ4n) is 2.51. The molecule has 1 N–H and O–H groups in total. The molecule has 0 radical (unpaired) electrons. The van der Waals surface area contributed by atoms with Gasteiger partial charge in [0.1, 0.15) is 0 Å². The number of methoxy groups -OCH3 is 1. The second kappa shape index (κ2) is 4.49. The van der Waals surface area contributed by atoms with Crippen LogP contribution < -0.4 is 5.32 Å². The van der Waals surface area contributed by atoms with Gasteiger partial charge in [0.25, 0.3) is 0 Å². The molecular formula is C11H20N2O2. The number of hydrogen-bond acceptors (Lipinski definition) is 3. The van der Waals surface area contributed by atoms with Crippen LogP contribution in [0.15, 0.2) is 0 Å². The minimum absolute atomic E-state index is 0.0420. The van der Waals surface area contributed by atoms with E-state index < -0.39 is 0 Å². The molecule has 86 valence electrons. The van der Waals surface area contributed by atoms with Crippen molar-refractivity contribution in [2.45, 2.75) is 43.9 Å². The molecule has 0 aromatic rings. The number of carbonyl (C=O) groups excluding carboxylic acids is 1. The molecule has 1 aliphatic carbocycles. The largest absolute Gasteiger partial charge is 0.381 e. The monoisotopic (exact) mass is 212 g/mol. The van der Waals surface area contributed by atoms with Crippen LogP contribution >= 0.6 is 0 Å². The minimum Gasteiger partial charge on any atom is -0.381 e. The van der Waals surface area contributed by atoms with Crippen molar-refractivity contribution in [3.63, 3.8) is 0 Å².